The molecule has 0 saturated carbocycles. The highest BCUT2D eigenvalue weighted by molar-refractivity contribution is 5.84. The first-order valence-corrected chi connectivity index (χ1v) is 9.04. The van der Waals surface area contributed by atoms with Crippen molar-refractivity contribution in [1.82, 2.24) is 25.3 Å². The van der Waals surface area contributed by atoms with E-state index in [4.69, 9.17) is 0 Å². The Kier molecular flexibility index (Phi) is 9.26. The molecule has 1 unspecified atom stereocenters. The molecule has 0 spiro atoms. The normalized spacial score (nSPS) is 18.1. The van der Waals surface area contributed by atoms with Crippen LogP contribution in [-0.2, 0) is 9.59 Å². The Labute approximate surface area is 151 Å². The summed E-state index contributed by atoms with van der Waals surface area (Å²) in [5.41, 5.74) is 0. The molecule has 0 aliphatic carbocycles. The topological polar surface area (TPSA) is 80.3 Å². The first-order chi connectivity index (χ1) is 11.9. The van der Waals surface area contributed by atoms with Crippen LogP contribution in [0.3, 0.4) is 0 Å². The Balaban J connectivity index is 2.39. The summed E-state index contributed by atoms with van der Waals surface area (Å²) in [4.78, 5) is 33.6. The Morgan fingerprint density at radius 3 is 2.48 bits per heavy atom. The predicted octanol–water partition coefficient (Wildman–Crippen LogP) is -0.428. The zero-order chi connectivity index (χ0) is 18.8. The van der Waals surface area contributed by atoms with E-state index in [0.717, 1.165) is 45.4 Å². The zero-order valence-corrected chi connectivity index (χ0v) is 16.3. The average Bonchev–Trinajstić information content (AvgIpc) is 3.03. The van der Waals surface area contributed by atoms with E-state index in [-0.39, 0.29) is 24.4 Å². The van der Waals surface area contributed by atoms with Gasteiger partial charge in [-0.2, -0.15) is 0 Å². The molecule has 0 bridgehead atoms. The van der Waals surface area contributed by atoms with Crippen LogP contribution < -0.4 is 10.6 Å². The molecule has 144 valence electrons. The highest BCUT2D eigenvalue weighted by atomic mass is 16.2. The second kappa shape index (κ2) is 10.9. The molecule has 1 atom stereocenters. The predicted molar refractivity (Wildman–Crippen MR) is 101 cm³/mol. The monoisotopic (exact) mass is 354 g/mol. The molecule has 25 heavy (non-hydrogen) atoms. The number of nitrogens with one attached hydrogen (secondary N) is 2. The van der Waals surface area contributed by atoms with Crippen molar-refractivity contribution in [2.24, 2.45) is 4.99 Å². The molecule has 0 radical (unpaired) electrons. The molecule has 1 fully saturated rings. The van der Waals surface area contributed by atoms with E-state index in [1.165, 1.54) is 4.90 Å². The number of likely N-dealkylation sites (N-methyl/N-ethyl adjacent to an activating group) is 2. The summed E-state index contributed by atoms with van der Waals surface area (Å²) < 4.78 is 0. The second-order valence-electron chi connectivity index (χ2n) is 6.69. The fourth-order valence-electron chi connectivity index (χ4n) is 2.79. The van der Waals surface area contributed by atoms with E-state index in [0.29, 0.717) is 5.96 Å². The van der Waals surface area contributed by atoms with Gasteiger partial charge in [-0.25, -0.2) is 4.99 Å². The molecule has 1 aliphatic rings. The maximum absolute atomic E-state index is 12.2. The van der Waals surface area contributed by atoms with E-state index in [1.54, 1.807) is 19.0 Å². The third kappa shape index (κ3) is 7.29. The van der Waals surface area contributed by atoms with Crippen molar-refractivity contribution < 1.29 is 9.59 Å². The summed E-state index contributed by atoms with van der Waals surface area (Å²) in [6, 6.07) is 0.0228. The summed E-state index contributed by atoms with van der Waals surface area (Å²) in [6.45, 7) is 5.48. The molecular weight excluding hydrogens is 320 g/mol. The molecule has 1 aliphatic heterocycles. The number of hydrogen-bond donors (Lipinski definition) is 2. The van der Waals surface area contributed by atoms with Crippen molar-refractivity contribution in [2.75, 3.05) is 60.9 Å². The lowest BCUT2D eigenvalue weighted by Crippen LogP contribution is -2.44. The van der Waals surface area contributed by atoms with Gasteiger partial charge in [-0.05, 0) is 32.7 Å². The Bertz CT molecular complexity index is 464. The van der Waals surface area contributed by atoms with Gasteiger partial charge in [0.2, 0.25) is 11.8 Å². The van der Waals surface area contributed by atoms with Gasteiger partial charge in [-0.15, -0.1) is 0 Å². The maximum atomic E-state index is 12.2. The quantitative estimate of drug-likeness (QED) is 0.351. The molecule has 0 aromatic rings. The number of carbonyl (C=O) groups is 2. The first kappa shape index (κ1) is 21.2. The zero-order valence-electron chi connectivity index (χ0n) is 16.3. The van der Waals surface area contributed by atoms with Crippen LogP contribution in [0.1, 0.15) is 26.2 Å². The number of rotatable bonds is 8. The molecule has 8 heteroatoms. The van der Waals surface area contributed by atoms with E-state index in [1.807, 2.05) is 21.0 Å². The van der Waals surface area contributed by atoms with Crippen LogP contribution in [-0.4, -0.2) is 99.4 Å². The summed E-state index contributed by atoms with van der Waals surface area (Å²) in [5, 5.41) is 6.39. The lowest BCUT2D eigenvalue weighted by atomic mass is 10.2. The van der Waals surface area contributed by atoms with Gasteiger partial charge >= 0.3 is 0 Å². The van der Waals surface area contributed by atoms with Crippen molar-refractivity contribution in [1.29, 1.82) is 0 Å². The molecule has 1 rings (SSSR count). The Morgan fingerprint density at radius 2 is 1.88 bits per heavy atom. The molecule has 2 N–H and O–H groups in total. The minimum atomic E-state index is -0.0284. The summed E-state index contributed by atoms with van der Waals surface area (Å²) in [7, 11) is 7.07. The number of guanidine groups is 1. The molecule has 0 aromatic heterocycles. The van der Waals surface area contributed by atoms with Crippen LogP contribution in [0.15, 0.2) is 4.99 Å². The molecule has 1 saturated heterocycles. The Morgan fingerprint density at radius 1 is 1.16 bits per heavy atom. The minimum Gasteiger partial charge on any atom is -0.357 e. The van der Waals surface area contributed by atoms with Crippen molar-refractivity contribution in [3.8, 4) is 0 Å². The van der Waals surface area contributed by atoms with Crippen molar-refractivity contribution in [3.05, 3.63) is 0 Å². The van der Waals surface area contributed by atoms with Crippen molar-refractivity contribution in [3.63, 3.8) is 0 Å². The van der Waals surface area contributed by atoms with Gasteiger partial charge in [0.25, 0.3) is 0 Å². The largest absolute Gasteiger partial charge is 0.357 e. The standard InChI is InChI=1S/C17H34N6O2/c1-6-18-17(20-13-15(24)21(2)3)19-10-8-12-23-11-7-9-14(23)16(25)22(4)5/h14H,6-13H2,1-5H3,(H2,18,19,20). The number of nitrogens with zero attached hydrogens (tertiary/aromatic N) is 4. The highest BCUT2D eigenvalue weighted by Gasteiger charge is 2.30. The van der Waals surface area contributed by atoms with E-state index >= 15 is 0 Å². The molecule has 0 aromatic carbocycles. The van der Waals surface area contributed by atoms with Gasteiger partial charge in [0.05, 0.1) is 6.04 Å². The lowest BCUT2D eigenvalue weighted by Gasteiger charge is -2.26. The number of amides is 2. The van der Waals surface area contributed by atoms with Gasteiger partial charge in [0, 0.05) is 47.8 Å². The maximum Gasteiger partial charge on any atom is 0.243 e. The Hall–Kier alpha value is -1.83. The van der Waals surface area contributed by atoms with Crippen molar-refractivity contribution >= 4 is 17.8 Å². The van der Waals surface area contributed by atoms with Crippen LogP contribution in [0.2, 0.25) is 0 Å². The van der Waals surface area contributed by atoms with Gasteiger partial charge in [-0.1, -0.05) is 0 Å². The number of likely N-dealkylation sites (tertiary alicyclic amines) is 1. The van der Waals surface area contributed by atoms with E-state index < -0.39 is 0 Å². The van der Waals surface area contributed by atoms with E-state index in [9.17, 15) is 9.59 Å². The molecule has 8 nitrogen and oxygen atoms in total. The van der Waals surface area contributed by atoms with Crippen LogP contribution in [0, 0.1) is 0 Å². The summed E-state index contributed by atoms with van der Waals surface area (Å²) in [6.07, 6.45) is 2.94. The van der Waals surface area contributed by atoms with E-state index in [2.05, 4.69) is 20.5 Å². The number of aliphatic imine (C=N–C) groups is 1. The van der Waals surface area contributed by atoms with Crippen molar-refractivity contribution in [2.45, 2.75) is 32.2 Å². The summed E-state index contributed by atoms with van der Waals surface area (Å²) in [5.74, 6) is 0.821. The van der Waals surface area contributed by atoms with Gasteiger partial charge in [-0.3, -0.25) is 14.5 Å². The third-order valence-corrected chi connectivity index (χ3v) is 4.22. The number of carbonyl (C=O) groups excluding carboxylic acids is 2. The fraction of sp³-hybridized carbons (Fsp3) is 0.824. The van der Waals surface area contributed by atoms with Gasteiger partial charge in [0.15, 0.2) is 5.96 Å². The minimum absolute atomic E-state index is 0.0228. The lowest BCUT2D eigenvalue weighted by molar-refractivity contribution is -0.133. The highest BCUT2D eigenvalue weighted by Crippen LogP contribution is 2.18. The SMILES string of the molecule is CCNC(=NCC(=O)N(C)C)NCCCN1CCCC1C(=O)N(C)C. The van der Waals surface area contributed by atoms with Gasteiger partial charge < -0.3 is 20.4 Å². The van der Waals surface area contributed by atoms with Crippen LogP contribution in [0.4, 0.5) is 0 Å². The van der Waals surface area contributed by atoms with Crippen LogP contribution in [0.5, 0.6) is 0 Å². The number of hydrogen-bond acceptors (Lipinski definition) is 4. The van der Waals surface area contributed by atoms with Crippen LogP contribution in [0.25, 0.3) is 0 Å². The molecular formula is C17H34N6O2. The summed E-state index contributed by atoms with van der Waals surface area (Å²) >= 11 is 0. The third-order valence-electron chi connectivity index (χ3n) is 4.22. The molecule has 1 heterocycles. The second-order valence-corrected chi connectivity index (χ2v) is 6.69. The first-order valence-electron chi connectivity index (χ1n) is 9.04. The average molecular weight is 354 g/mol. The molecule has 2 amide bonds. The fourth-order valence-corrected chi connectivity index (χ4v) is 2.79. The van der Waals surface area contributed by atoms with Crippen LogP contribution >= 0.6 is 0 Å². The smallest absolute Gasteiger partial charge is 0.243 e. The van der Waals surface area contributed by atoms with Gasteiger partial charge in [0.1, 0.15) is 6.54 Å².